The summed E-state index contributed by atoms with van der Waals surface area (Å²) >= 11 is 5.67. The second-order valence-electron chi connectivity index (χ2n) is 11.5. The second-order valence-corrected chi connectivity index (χ2v) is 13.8. The zero-order valence-electron chi connectivity index (χ0n) is 24.0. The minimum atomic E-state index is -3.88. The van der Waals surface area contributed by atoms with Crippen molar-refractivity contribution >= 4 is 33.3 Å². The van der Waals surface area contributed by atoms with Gasteiger partial charge in [0.15, 0.2) is 21.3 Å². The number of carbonyl (C=O) groups excluding carboxylic acids is 2. The predicted octanol–water partition coefficient (Wildman–Crippen LogP) is 2.62. The van der Waals surface area contributed by atoms with Crippen molar-refractivity contribution in [3.05, 3.63) is 54.1 Å². The summed E-state index contributed by atoms with van der Waals surface area (Å²) in [7, 11) is -3.88. The maximum absolute atomic E-state index is 13.6. The lowest BCUT2D eigenvalue weighted by molar-refractivity contribution is -0.131. The molecular weight excluding hydrogens is 570 g/mol. The standard InChI is InChI=1S/C29H40ClN3O7S/c1-18(2)28(41(37,38)20-11-12-23-24(14-20)40-17-39-23)31-16-22(34)21(13-19-9-7-6-8-10-19)32-27(36)26(29(3,4)5)33-25(35)15-30/h6-12,14,18,21-22,26,28,31,34H,13,15-17H2,1-5H3,(H,32,36)(H,33,35)/t21-,22+,26+,28?/m0/s1. The molecule has 4 N–H and O–H groups in total. The summed E-state index contributed by atoms with van der Waals surface area (Å²) in [6, 6.07) is 12.1. The molecule has 1 aliphatic heterocycles. The van der Waals surface area contributed by atoms with E-state index < -0.39 is 50.6 Å². The van der Waals surface area contributed by atoms with Crippen LogP contribution in [0.2, 0.25) is 0 Å². The van der Waals surface area contributed by atoms with Gasteiger partial charge in [-0.2, -0.15) is 0 Å². The molecule has 2 amide bonds. The van der Waals surface area contributed by atoms with Gasteiger partial charge in [0.2, 0.25) is 18.6 Å². The van der Waals surface area contributed by atoms with Crippen LogP contribution in [0, 0.1) is 11.3 Å². The fourth-order valence-electron chi connectivity index (χ4n) is 4.58. The number of sulfone groups is 1. The highest BCUT2D eigenvalue weighted by molar-refractivity contribution is 7.92. The van der Waals surface area contributed by atoms with Crippen molar-refractivity contribution in [3.8, 4) is 11.5 Å². The largest absolute Gasteiger partial charge is 0.454 e. The van der Waals surface area contributed by atoms with Gasteiger partial charge in [0, 0.05) is 12.6 Å². The van der Waals surface area contributed by atoms with E-state index in [9.17, 15) is 23.1 Å². The fraction of sp³-hybridized carbons (Fsp3) is 0.517. The third kappa shape index (κ3) is 8.57. The highest BCUT2D eigenvalue weighted by atomic mass is 35.5. The topological polar surface area (TPSA) is 143 Å². The summed E-state index contributed by atoms with van der Waals surface area (Å²) in [5, 5.41) is 18.8. The van der Waals surface area contributed by atoms with E-state index in [-0.39, 0.29) is 36.5 Å². The normalized spacial score (nSPS) is 16.1. The van der Waals surface area contributed by atoms with Crippen LogP contribution in [0.15, 0.2) is 53.4 Å². The molecule has 1 unspecified atom stereocenters. The molecule has 0 radical (unpaired) electrons. The molecule has 0 spiro atoms. The number of amides is 2. The van der Waals surface area contributed by atoms with Gasteiger partial charge >= 0.3 is 0 Å². The van der Waals surface area contributed by atoms with Crippen molar-refractivity contribution in [2.45, 2.75) is 69.5 Å². The van der Waals surface area contributed by atoms with E-state index in [0.717, 1.165) is 5.56 Å². The van der Waals surface area contributed by atoms with Crippen molar-refractivity contribution in [1.82, 2.24) is 16.0 Å². The average molecular weight is 610 g/mol. The number of aliphatic hydroxyl groups excluding tert-OH is 1. The molecule has 4 atom stereocenters. The first-order chi connectivity index (χ1) is 19.2. The first-order valence-electron chi connectivity index (χ1n) is 13.5. The van der Waals surface area contributed by atoms with E-state index >= 15 is 0 Å². The van der Waals surface area contributed by atoms with Crippen LogP contribution in [-0.2, 0) is 25.8 Å². The summed E-state index contributed by atoms with van der Waals surface area (Å²) in [6.45, 7) is 8.87. The molecular formula is C29H40ClN3O7S. The molecule has 0 saturated carbocycles. The minimum Gasteiger partial charge on any atom is -0.454 e. The van der Waals surface area contributed by atoms with Gasteiger partial charge in [0.25, 0.3) is 0 Å². The van der Waals surface area contributed by atoms with Crippen LogP contribution >= 0.6 is 11.6 Å². The monoisotopic (exact) mass is 609 g/mol. The van der Waals surface area contributed by atoms with Crippen LogP contribution in [0.25, 0.3) is 0 Å². The van der Waals surface area contributed by atoms with E-state index in [4.69, 9.17) is 21.1 Å². The Morgan fingerprint density at radius 1 is 1.02 bits per heavy atom. The van der Waals surface area contributed by atoms with Crippen LogP contribution in [-0.4, -0.2) is 68.1 Å². The highest BCUT2D eigenvalue weighted by Gasteiger charge is 2.36. The first-order valence-corrected chi connectivity index (χ1v) is 15.6. The molecule has 12 heteroatoms. The van der Waals surface area contributed by atoms with Gasteiger partial charge in [0.05, 0.1) is 17.0 Å². The molecule has 2 aromatic carbocycles. The molecule has 0 saturated heterocycles. The van der Waals surface area contributed by atoms with Gasteiger partial charge < -0.3 is 25.2 Å². The zero-order valence-corrected chi connectivity index (χ0v) is 25.6. The summed E-state index contributed by atoms with van der Waals surface area (Å²) in [5.74, 6) is -0.788. The molecule has 0 fully saturated rings. The molecule has 1 aliphatic rings. The number of nitrogens with one attached hydrogen (secondary N) is 3. The van der Waals surface area contributed by atoms with Crippen LogP contribution in [0.1, 0.15) is 40.2 Å². The van der Waals surface area contributed by atoms with Crippen LogP contribution in [0.5, 0.6) is 11.5 Å². The smallest absolute Gasteiger partial charge is 0.243 e. The quantitative estimate of drug-likeness (QED) is 0.254. The Morgan fingerprint density at radius 2 is 1.68 bits per heavy atom. The minimum absolute atomic E-state index is 0.0248. The number of fused-ring (bicyclic) bond motifs is 1. The van der Waals surface area contributed by atoms with Gasteiger partial charge in [-0.3, -0.25) is 14.9 Å². The van der Waals surface area contributed by atoms with E-state index in [1.54, 1.807) is 19.9 Å². The zero-order chi connectivity index (χ0) is 30.4. The van der Waals surface area contributed by atoms with Crippen LogP contribution in [0.3, 0.4) is 0 Å². The lowest BCUT2D eigenvalue weighted by atomic mass is 9.85. The van der Waals surface area contributed by atoms with E-state index in [0.29, 0.717) is 11.5 Å². The van der Waals surface area contributed by atoms with Gasteiger partial charge in [-0.05, 0) is 35.4 Å². The Hall–Kier alpha value is -2.86. The predicted molar refractivity (Wildman–Crippen MR) is 157 cm³/mol. The summed E-state index contributed by atoms with van der Waals surface area (Å²) in [4.78, 5) is 25.5. The third-order valence-electron chi connectivity index (χ3n) is 6.79. The van der Waals surface area contributed by atoms with E-state index in [1.807, 2.05) is 51.1 Å². The van der Waals surface area contributed by atoms with Gasteiger partial charge in [-0.1, -0.05) is 65.0 Å². The molecule has 0 bridgehead atoms. The number of ether oxygens (including phenoxy) is 2. The third-order valence-corrected chi connectivity index (χ3v) is 9.32. The Kier molecular flexibility index (Phi) is 11.0. The maximum atomic E-state index is 13.6. The summed E-state index contributed by atoms with van der Waals surface area (Å²) in [6.07, 6.45) is -0.895. The van der Waals surface area contributed by atoms with Crippen molar-refractivity contribution in [3.63, 3.8) is 0 Å². The number of alkyl halides is 1. The molecule has 0 aromatic heterocycles. The van der Waals surface area contributed by atoms with Gasteiger partial charge in [-0.25, -0.2) is 8.42 Å². The number of benzene rings is 2. The van der Waals surface area contributed by atoms with Crippen molar-refractivity contribution in [2.24, 2.45) is 11.3 Å². The summed E-state index contributed by atoms with van der Waals surface area (Å²) in [5.41, 5.74) is 0.218. The molecule has 41 heavy (non-hydrogen) atoms. The average Bonchev–Trinajstić information content (AvgIpc) is 3.39. The molecule has 10 nitrogen and oxygen atoms in total. The Labute approximate surface area is 247 Å². The SMILES string of the molecule is CC(C)C(NC[C@@H](O)[C@H](Cc1ccccc1)NC(=O)[C@@H](NC(=O)CCl)C(C)(C)C)S(=O)(=O)c1ccc2c(c1)OCO2. The van der Waals surface area contributed by atoms with E-state index in [1.165, 1.54) is 12.1 Å². The summed E-state index contributed by atoms with van der Waals surface area (Å²) < 4.78 is 37.8. The number of aliphatic hydroxyl groups is 1. The Bertz CT molecular complexity index is 1300. The lowest BCUT2D eigenvalue weighted by Gasteiger charge is -2.33. The number of rotatable bonds is 13. The van der Waals surface area contributed by atoms with Gasteiger partial charge in [-0.15, -0.1) is 11.6 Å². The van der Waals surface area contributed by atoms with Crippen LogP contribution in [0.4, 0.5) is 0 Å². The first kappa shape index (κ1) is 32.7. The Balaban J connectivity index is 1.81. The lowest BCUT2D eigenvalue weighted by Crippen LogP contribution is -2.59. The highest BCUT2D eigenvalue weighted by Crippen LogP contribution is 2.35. The van der Waals surface area contributed by atoms with Crippen LogP contribution < -0.4 is 25.4 Å². The van der Waals surface area contributed by atoms with Crippen molar-refractivity contribution in [2.75, 3.05) is 19.2 Å². The number of carbonyl (C=O) groups is 2. The molecule has 1 heterocycles. The van der Waals surface area contributed by atoms with Crippen molar-refractivity contribution in [1.29, 1.82) is 0 Å². The molecule has 0 aliphatic carbocycles. The maximum Gasteiger partial charge on any atom is 0.243 e. The van der Waals surface area contributed by atoms with E-state index in [2.05, 4.69) is 16.0 Å². The molecule has 2 aromatic rings. The number of halogens is 1. The van der Waals surface area contributed by atoms with Crippen molar-refractivity contribution < 1.29 is 32.6 Å². The second kappa shape index (κ2) is 13.9. The molecule has 3 rings (SSSR count). The van der Waals surface area contributed by atoms with Gasteiger partial charge in [0.1, 0.15) is 17.3 Å². The fourth-order valence-corrected chi connectivity index (χ4v) is 6.51. The Morgan fingerprint density at radius 3 is 2.29 bits per heavy atom. The number of hydrogen-bond acceptors (Lipinski definition) is 8. The number of hydrogen-bond donors (Lipinski definition) is 4. The molecule has 226 valence electrons.